The molecule has 100 valence electrons. The summed E-state index contributed by atoms with van der Waals surface area (Å²) in [6, 6.07) is 4.39. The van der Waals surface area contributed by atoms with Gasteiger partial charge in [0.1, 0.15) is 5.65 Å². The molecule has 1 aliphatic carbocycles. The molecule has 0 radical (unpaired) electrons. The van der Waals surface area contributed by atoms with Gasteiger partial charge >= 0.3 is 0 Å². The number of carbonyl (C=O) groups excluding carboxylic acids is 1. The summed E-state index contributed by atoms with van der Waals surface area (Å²) in [6.07, 6.45) is 10.8. The van der Waals surface area contributed by atoms with Crippen molar-refractivity contribution in [2.45, 2.75) is 25.4 Å². The first-order valence-electron chi connectivity index (χ1n) is 6.76. The van der Waals surface area contributed by atoms with Crippen LogP contribution in [-0.2, 0) is 6.54 Å². The molecule has 5 heteroatoms. The molecule has 1 fully saturated rings. The van der Waals surface area contributed by atoms with E-state index < -0.39 is 0 Å². The Labute approximate surface area is 115 Å². The molecule has 0 N–H and O–H groups in total. The van der Waals surface area contributed by atoms with Crippen molar-refractivity contribution in [3.63, 3.8) is 0 Å². The van der Waals surface area contributed by atoms with Gasteiger partial charge in [-0.15, -0.1) is 0 Å². The lowest BCUT2D eigenvalue weighted by Crippen LogP contribution is -2.05. The van der Waals surface area contributed by atoms with Gasteiger partial charge in [-0.1, -0.05) is 0 Å². The Morgan fingerprint density at radius 2 is 2.30 bits per heavy atom. The van der Waals surface area contributed by atoms with Gasteiger partial charge in [-0.05, 0) is 25.0 Å². The fourth-order valence-corrected chi connectivity index (χ4v) is 2.67. The number of aldehydes is 1. The molecule has 3 aromatic heterocycles. The fourth-order valence-electron chi connectivity index (χ4n) is 2.67. The number of carbonyl (C=O) groups is 1. The van der Waals surface area contributed by atoms with Crippen LogP contribution in [0.3, 0.4) is 0 Å². The second-order valence-corrected chi connectivity index (χ2v) is 5.23. The summed E-state index contributed by atoms with van der Waals surface area (Å²) in [7, 11) is 0. The zero-order chi connectivity index (χ0) is 13.5. The summed E-state index contributed by atoms with van der Waals surface area (Å²) in [4.78, 5) is 19.8. The van der Waals surface area contributed by atoms with E-state index >= 15 is 0 Å². The number of aromatic nitrogens is 4. The molecule has 20 heavy (non-hydrogen) atoms. The van der Waals surface area contributed by atoms with E-state index in [0.29, 0.717) is 18.2 Å². The van der Waals surface area contributed by atoms with E-state index in [2.05, 4.69) is 14.5 Å². The van der Waals surface area contributed by atoms with Crippen molar-refractivity contribution in [2.24, 2.45) is 0 Å². The van der Waals surface area contributed by atoms with Gasteiger partial charge in [0, 0.05) is 35.6 Å². The van der Waals surface area contributed by atoms with Gasteiger partial charge in [-0.25, -0.2) is 9.97 Å². The molecule has 0 saturated heterocycles. The van der Waals surface area contributed by atoms with Crippen molar-refractivity contribution in [3.05, 3.63) is 48.3 Å². The Hall–Kier alpha value is -2.43. The van der Waals surface area contributed by atoms with Gasteiger partial charge in [0.2, 0.25) is 0 Å². The second-order valence-electron chi connectivity index (χ2n) is 5.23. The molecule has 5 nitrogen and oxygen atoms in total. The van der Waals surface area contributed by atoms with E-state index in [1.807, 2.05) is 35.4 Å². The monoisotopic (exact) mass is 266 g/mol. The number of nitrogens with zero attached hydrogens (tertiary/aromatic N) is 4. The lowest BCUT2D eigenvalue weighted by Gasteiger charge is -2.08. The number of pyridine rings is 1. The number of rotatable bonds is 4. The fraction of sp³-hybridized carbons (Fsp3) is 0.267. The van der Waals surface area contributed by atoms with E-state index in [1.165, 1.54) is 12.8 Å². The molecule has 3 aromatic rings. The predicted octanol–water partition coefficient (Wildman–Crippen LogP) is 2.43. The van der Waals surface area contributed by atoms with Crippen molar-refractivity contribution in [1.82, 2.24) is 19.1 Å². The lowest BCUT2D eigenvalue weighted by molar-refractivity contribution is 0.112. The normalized spacial score (nSPS) is 14.8. The Morgan fingerprint density at radius 3 is 3.10 bits per heavy atom. The standard InChI is InChI=1S/C15H14N4O/c20-9-11-7-18(15-14(11)2-1-5-17-15)8-13-6-16-10-19(13)12-3-4-12/h1-2,5-7,9-10,12H,3-4,8H2. The third kappa shape index (κ3) is 1.74. The van der Waals surface area contributed by atoms with Crippen molar-refractivity contribution in [3.8, 4) is 0 Å². The quantitative estimate of drug-likeness (QED) is 0.681. The van der Waals surface area contributed by atoms with E-state index in [9.17, 15) is 4.79 Å². The Morgan fingerprint density at radius 1 is 1.40 bits per heavy atom. The Balaban J connectivity index is 1.78. The molecule has 4 rings (SSSR count). The summed E-state index contributed by atoms with van der Waals surface area (Å²) in [6.45, 7) is 0.692. The average molecular weight is 266 g/mol. The number of hydrogen-bond donors (Lipinski definition) is 0. The lowest BCUT2D eigenvalue weighted by atomic mass is 10.2. The highest BCUT2D eigenvalue weighted by Gasteiger charge is 2.25. The van der Waals surface area contributed by atoms with Gasteiger partial charge in [-0.2, -0.15) is 0 Å². The average Bonchev–Trinajstić information content (AvgIpc) is 3.12. The molecular formula is C15H14N4O. The van der Waals surface area contributed by atoms with Gasteiger partial charge in [0.15, 0.2) is 6.29 Å². The van der Waals surface area contributed by atoms with Crippen LogP contribution in [-0.4, -0.2) is 25.4 Å². The summed E-state index contributed by atoms with van der Waals surface area (Å²) in [5.41, 5.74) is 2.69. The highest BCUT2D eigenvalue weighted by molar-refractivity contribution is 5.95. The summed E-state index contributed by atoms with van der Waals surface area (Å²) < 4.78 is 4.25. The van der Waals surface area contributed by atoms with Crippen LogP contribution in [0, 0.1) is 0 Å². The Bertz CT molecular complexity index is 782. The van der Waals surface area contributed by atoms with Crippen LogP contribution in [0.5, 0.6) is 0 Å². The highest BCUT2D eigenvalue weighted by atomic mass is 16.1. The third-order valence-electron chi connectivity index (χ3n) is 3.81. The second kappa shape index (κ2) is 4.30. The highest BCUT2D eigenvalue weighted by Crippen LogP contribution is 2.35. The van der Waals surface area contributed by atoms with Crippen molar-refractivity contribution in [1.29, 1.82) is 0 Å². The van der Waals surface area contributed by atoms with E-state index in [4.69, 9.17) is 0 Å². The zero-order valence-corrected chi connectivity index (χ0v) is 10.9. The zero-order valence-electron chi connectivity index (χ0n) is 10.9. The largest absolute Gasteiger partial charge is 0.330 e. The molecule has 0 aromatic carbocycles. The smallest absolute Gasteiger partial charge is 0.152 e. The van der Waals surface area contributed by atoms with E-state index in [-0.39, 0.29) is 0 Å². The maximum absolute atomic E-state index is 11.2. The minimum absolute atomic E-state index is 0.604. The summed E-state index contributed by atoms with van der Waals surface area (Å²) in [5, 5.41) is 0.903. The molecule has 0 unspecified atom stereocenters. The molecular weight excluding hydrogens is 252 g/mol. The SMILES string of the molecule is O=Cc1cn(Cc2cncn2C2CC2)c2ncccc12. The first-order valence-corrected chi connectivity index (χ1v) is 6.76. The maximum atomic E-state index is 11.2. The van der Waals surface area contributed by atoms with Gasteiger partial charge in [-0.3, -0.25) is 4.79 Å². The van der Waals surface area contributed by atoms with Crippen LogP contribution >= 0.6 is 0 Å². The first-order chi connectivity index (χ1) is 9.86. The summed E-state index contributed by atoms with van der Waals surface area (Å²) >= 11 is 0. The molecule has 1 aliphatic rings. The van der Waals surface area contributed by atoms with Crippen molar-refractivity contribution < 1.29 is 4.79 Å². The molecule has 0 atom stereocenters. The first kappa shape index (κ1) is 11.4. The van der Waals surface area contributed by atoms with Gasteiger partial charge in [0.25, 0.3) is 0 Å². The van der Waals surface area contributed by atoms with Crippen molar-refractivity contribution in [2.75, 3.05) is 0 Å². The predicted molar refractivity (Wildman–Crippen MR) is 74.7 cm³/mol. The number of imidazole rings is 1. The molecule has 1 saturated carbocycles. The van der Waals surface area contributed by atoms with Crippen LogP contribution in [0.4, 0.5) is 0 Å². The molecule has 0 spiro atoms. The minimum Gasteiger partial charge on any atom is -0.330 e. The van der Waals surface area contributed by atoms with E-state index in [1.54, 1.807) is 6.20 Å². The number of hydrogen-bond acceptors (Lipinski definition) is 3. The van der Waals surface area contributed by atoms with Crippen LogP contribution in [0.2, 0.25) is 0 Å². The van der Waals surface area contributed by atoms with Crippen molar-refractivity contribution >= 4 is 17.3 Å². The van der Waals surface area contributed by atoms with Crippen LogP contribution in [0.25, 0.3) is 11.0 Å². The van der Waals surface area contributed by atoms with Gasteiger partial charge in [0.05, 0.1) is 18.6 Å². The van der Waals surface area contributed by atoms with E-state index in [0.717, 1.165) is 23.0 Å². The molecule has 0 aliphatic heterocycles. The molecule has 3 heterocycles. The van der Waals surface area contributed by atoms with Crippen LogP contribution < -0.4 is 0 Å². The minimum atomic E-state index is 0.604. The topological polar surface area (TPSA) is 52.7 Å². The Kier molecular flexibility index (Phi) is 2.45. The summed E-state index contributed by atoms with van der Waals surface area (Å²) in [5.74, 6) is 0. The third-order valence-corrected chi connectivity index (χ3v) is 3.81. The van der Waals surface area contributed by atoms with Gasteiger partial charge < -0.3 is 9.13 Å². The number of fused-ring (bicyclic) bond motifs is 1. The maximum Gasteiger partial charge on any atom is 0.152 e. The van der Waals surface area contributed by atoms with Crippen LogP contribution in [0.1, 0.15) is 34.9 Å². The molecule has 0 bridgehead atoms. The van der Waals surface area contributed by atoms with Crippen LogP contribution in [0.15, 0.2) is 37.1 Å². The molecule has 0 amide bonds.